The van der Waals surface area contributed by atoms with E-state index in [1.807, 2.05) is 53.5 Å². The normalized spacial score (nSPS) is 20.0. The summed E-state index contributed by atoms with van der Waals surface area (Å²) < 4.78 is 11.9. The molecule has 6 heteroatoms. The van der Waals surface area contributed by atoms with Crippen molar-refractivity contribution in [1.82, 2.24) is 9.99 Å². The Morgan fingerprint density at radius 2 is 2.00 bits per heavy atom. The summed E-state index contributed by atoms with van der Waals surface area (Å²) in [5, 5.41) is 17.1. The summed E-state index contributed by atoms with van der Waals surface area (Å²) in [7, 11) is 1.64. The van der Waals surface area contributed by atoms with Gasteiger partial charge in [-0.25, -0.2) is 5.01 Å². The maximum atomic E-state index is 10.3. The van der Waals surface area contributed by atoms with Crippen LogP contribution in [0.15, 0.2) is 72.1 Å². The van der Waals surface area contributed by atoms with Crippen molar-refractivity contribution in [2.75, 3.05) is 7.11 Å². The maximum Gasteiger partial charge on any atom is 0.215 e. The predicted octanol–water partition coefficient (Wildman–Crippen LogP) is 4.04. The van der Waals surface area contributed by atoms with Gasteiger partial charge >= 0.3 is 0 Å². The Bertz CT molecular complexity index is 1050. The molecule has 2 aliphatic heterocycles. The lowest BCUT2D eigenvalue weighted by Gasteiger charge is -2.38. The van der Waals surface area contributed by atoms with Gasteiger partial charge in [0, 0.05) is 35.5 Å². The standard InChI is InChI=1S/C22H19N3O3/c1-27-20-10-4-8-16-18-12-17(15-7-2-3-9-19(15)26)24-25(18)22(28-21(16)20)14-6-5-11-23-13-14/h2-11,13,18,22,26H,12H2,1H3/t18-,22-/m1/s1. The molecule has 0 aliphatic carbocycles. The van der Waals surface area contributed by atoms with E-state index in [1.165, 1.54) is 0 Å². The van der Waals surface area contributed by atoms with E-state index in [4.69, 9.17) is 14.6 Å². The van der Waals surface area contributed by atoms with Crippen LogP contribution in [0.25, 0.3) is 0 Å². The lowest BCUT2D eigenvalue weighted by Crippen LogP contribution is -2.33. The van der Waals surface area contributed by atoms with Gasteiger partial charge < -0.3 is 14.6 Å². The van der Waals surface area contributed by atoms with Crippen LogP contribution in [0.4, 0.5) is 0 Å². The number of phenolic OH excluding ortho intramolecular Hbond substituents is 1. The first-order valence-electron chi connectivity index (χ1n) is 9.14. The quantitative estimate of drug-likeness (QED) is 0.751. The van der Waals surface area contributed by atoms with Crippen LogP contribution in [0.1, 0.15) is 35.4 Å². The van der Waals surface area contributed by atoms with Crippen LogP contribution >= 0.6 is 0 Å². The van der Waals surface area contributed by atoms with Gasteiger partial charge in [0.1, 0.15) is 5.75 Å². The molecule has 3 aromatic rings. The summed E-state index contributed by atoms with van der Waals surface area (Å²) in [4.78, 5) is 4.24. The number of aromatic nitrogens is 1. The summed E-state index contributed by atoms with van der Waals surface area (Å²) >= 11 is 0. The van der Waals surface area contributed by atoms with Gasteiger partial charge in [0.15, 0.2) is 11.5 Å². The third-order valence-corrected chi connectivity index (χ3v) is 5.18. The van der Waals surface area contributed by atoms with Crippen molar-refractivity contribution >= 4 is 5.71 Å². The summed E-state index contributed by atoms with van der Waals surface area (Å²) in [6.07, 6.45) is 3.76. The summed E-state index contributed by atoms with van der Waals surface area (Å²) in [5.74, 6) is 1.65. The number of ether oxygens (including phenoxy) is 2. The van der Waals surface area contributed by atoms with Crippen LogP contribution in [0, 0.1) is 0 Å². The molecule has 0 bridgehead atoms. The molecule has 6 nitrogen and oxygen atoms in total. The Balaban J connectivity index is 1.64. The summed E-state index contributed by atoms with van der Waals surface area (Å²) in [5.41, 5.74) is 3.50. The molecule has 0 radical (unpaired) electrons. The summed E-state index contributed by atoms with van der Waals surface area (Å²) in [6, 6.07) is 17.0. The van der Waals surface area contributed by atoms with Crippen molar-refractivity contribution < 1.29 is 14.6 Å². The van der Waals surface area contributed by atoms with Crippen molar-refractivity contribution in [2.24, 2.45) is 5.10 Å². The Labute approximate surface area is 162 Å². The number of hydrogen-bond acceptors (Lipinski definition) is 6. The molecule has 1 N–H and O–H groups in total. The second kappa shape index (κ2) is 6.56. The van der Waals surface area contributed by atoms with E-state index in [9.17, 15) is 5.11 Å². The molecule has 28 heavy (non-hydrogen) atoms. The highest BCUT2D eigenvalue weighted by atomic mass is 16.5. The minimum atomic E-state index is -0.425. The zero-order valence-electron chi connectivity index (χ0n) is 15.3. The fourth-order valence-corrected chi connectivity index (χ4v) is 3.87. The number of hydrogen-bond donors (Lipinski definition) is 1. The van der Waals surface area contributed by atoms with Gasteiger partial charge in [-0.15, -0.1) is 0 Å². The van der Waals surface area contributed by atoms with Crippen molar-refractivity contribution in [3.63, 3.8) is 0 Å². The second-order valence-corrected chi connectivity index (χ2v) is 6.80. The van der Waals surface area contributed by atoms with Gasteiger partial charge in [-0.1, -0.05) is 30.3 Å². The molecular formula is C22H19N3O3. The van der Waals surface area contributed by atoms with E-state index in [1.54, 1.807) is 25.6 Å². The first kappa shape index (κ1) is 16.6. The van der Waals surface area contributed by atoms with E-state index in [0.29, 0.717) is 12.2 Å². The van der Waals surface area contributed by atoms with Crippen molar-refractivity contribution in [2.45, 2.75) is 18.7 Å². The molecule has 140 valence electrons. The Hall–Kier alpha value is -3.54. The van der Waals surface area contributed by atoms with Crippen LogP contribution in [0.2, 0.25) is 0 Å². The van der Waals surface area contributed by atoms with Crippen LogP contribution in [0.3, 0.4) is 0 Å². The van der Waals surface area contributed by atoms with Crippen molar-refractivity contribution in [3.8, 4) is 17.2 Å². The van der Waals surface area contributed by atoms with Gasteiger partial charge in [-0.3, -0.25) is 4.98 Å². The molecular weight excluding hydrogens is 354 g/mol. The number of rotatable bonds is 3. The number of aromatic hydroxyl groups is 1. The largest absolute Gasteiger partial charge is 0.507 e. The number of fused-ring (bicyclic) bond motifs is 3. The predicted molar refractivity (Wildman–Crippen MR) is 104 cm³/mol. The SMILES string of the molecule is COc1cccc2c1O[C@H](c1cccnc1)N1N=C(c3ccccc3O)C[C@H]21. The third kappa shape index (κ3) is 2.57. The zero-order chi connectivity index (χ0) is 19.1. The van der Waals surface area contributed by atoms with Crippen LogP contribution < -0.4 is 9.47 Å². The van der Waals surface area contributed by atoms with Crippen LogP contribution in [0.5, 0.6) is 17.2 Å². The molecule has 0 unspecified atom stereocenters. The fourth-order valence-electron chi connectivity index (χ4n) is 3.87. The fraction of sp³-hybridized carbons (Fsp3) is 0.182. The number of benzene rings is 2. The molecule has 2 aromatic carbocycles. The Morgan fingerprint density at radius 3 is 2.79 bits per heavy atom. The molecule has 0 amide bonds. The number of methoxy groups -OCH3 is 1. The highest BCUT2D eigenvalue weighted by molar-refractivity contribution is 6.04. The number of para-hydroxylation sites is 2. The Morgan fingerprint density at radius 1 is 1.11 bits per heavy atom. The average molecular weight is 373 g/mol. The average Bonchev–Trinajstić information content (AvgIpc) is 3.19. The molecule has 2 aliphatic rings. The lowest BCUT2D eigenvalue weighted by atomic mass is 9.95. The molecule has 0 saturated heterocycles. The van der Waals surface area contributed by atoms with Gasteiger partial charge in [-0.05, 0) is 24.3 Å². The highest BCUT2D eigenvalue weighted by Crippen LogP contribution is 2.50. The number of pyridine rings is 1. The van der Waals surface area contributed by atoms with E-state index in [-0.39, 0.29) is 11.8 Å². The van der Waals surface area contributed by atoms with Crippen molar-refractivity contribution in [3.05, 3.63) is 83.7 Å². The van der Waals surface area contributed by atoms with E-state index >= 15 is 0 Å². The maximum absolute atomic E-state index is 10.3. The topological polar surface area (TPSA) is 67.2 Å². The van der Waals surface area contributed by atoms with Crippen LogP contribution in [-0.2, 0) is 0 Å². The molecule has 3 heterocycles. The zero-order valence-corrected chi connectivity index (χ0v) is 15.3. The van der Waals surface area contributed by atoms with Gasteiger partial charge in [0.05, 0.1) is 18.9 Å². The first-order valence-corrected chi connectivity index (χ1v) is 9.14. The van der Waals surface area contributed by atoms with Crippen molar-refractivity contribution in [1.29, 1.82) is 0 Å². The van der Waals surface area contributed by atoms with Gasteiger partial charge in [0.2, 0.25) is 6.23 Å². The minimum Gasteiger partial charge on any atom is -0.507 e. The van der Waals surface area contributed by atoms with Gasteiger partial charge in [-0.2, -0.15) is 5.10 Å². The molecule has 5 rings (SSSR count). The highest BCUT2D eigenvalue weighted by Gasteiger charge is 2.42. The van der Waals surface area contributed by atoms with Gasteiger partial charge in [0.25, 0.3) is 0 Å². The van der Waals surface area contributed by atoms with E-state index in [0.717, 1.165) is 28.2 Å². The van der Waals surface area contributed by atoms with E-state index in [2.05, 4.69) is 4.98 Å². The molecule has 0 spiro atoms. The minimum absolute atomic E-state index is 0.0151. The number of phenols is 1. The number of hydrazone groups is 1. The monoisotopic (exact) mass is 373 g/mol. The Kier molecular flexibility index (Phi) is 3.90. The third-order valence-electron chi connectivity index (χ3n) is 5.18. The first-order chi connectivity index (χ1) is 13.8. The summed E-state index contributed by atoms with van der Waals surface area (Å²) in [6.45, 7) is 0. The molecule has 0 fully saturated rings. The lowest BCUT2D eigenvalue weighted by molar-refractivity contribution is -0.0211. The van der Waals surface area contributed by atoms with E-state index < -0.39 is 6.23 Å². The molecule has 2 atom stereocenters. The molecule has 1 aromatic heterocycles. The molecule has 0 saturated carbocycles. The second-order valence-electron chi connectivity index (χ2n) is 6.80. The smallest absolute Gasteiger partial charge is 0.215 e. The number of nitrogens with zero attached hydrogens (tertiary/aromatic N) is 3. The van der Waals surface area contributed by atoms with Crippen LogP contribution in [-0.4, -0.2) is 27.9 Å².